The molecule has 2 fully saturated rings. The van der Waals surface area contributed by atoms with Crippen molar-refractivity contribution >= 4 is 17.5 Å². The molecule has 2 aliphatic heterocycles. The summed E-state index contributed by atoms with van der Waals surface area (Å²) < 4.78 is 20.0. The highest BCUT2D eigenvalue weighted by Gasteiger charge is 2.34. The lowest BCUT2D eigenvalue weighted by molar-refractivity contribution is -0.116. The van der Waals surface area contributed by atoms with E-state index in [-0.39, 0.29) is 23.4 Å². The minimum atomic E-state index is -0.572. The smallest absolute Gasteiger partial charge is 0.257 e. The number of amides is 2. The van der Waals surface area contributed by atoms with Gasteiger partial charge in [0.25, 0.3) is 5.91 Å². The topological polar surface area (TPSA) is 58.6 Å². The number of morpholine rings is 1. The van der Waals surface area contributed by atoms with Gasteiger partial charge in [0.15, 0.2) is 0 Å². The molecule has 24 heavy (non-hydrogen) atoms. The van der Waals surface area contributed by atoms with Crippen molar-refractivity contribution in [2.45, 2.75) is 38.1 Å². The second kappa shape index (κ2) is 6.16. The summed E-state index contributed by atoms with van der Waals surface area (Å²) in [6, 6.07) is 2.92. The summed E-state index contributed by atoms with van der Waals surface area (Å²) in [6.45, 7) is 1.53. The van der Waals surface area contributed by atoms with Gasteiger partial charge in [-0.05, 0) is 36.5 Å². The minimum Gasteiger partial charge on any atom is -0.377 e. The number of aryl methyl sites for hydroxylation is 1. The molecule has 2 amide bonds. The van der Waals surface area contributed by atoms with E-state index in [1.807, 2.05) is 0 Å². The first-order chi connectivity index (χ1) is 11.6. The molecular weight excluding hydrogens is 311 g/mol. The third-order valence-corrected chi connectivity index (χ3v) is 5.11. The normalized spacial score (nSPS) is 23.6. The first-order valence-electron chi connectivity index (χ1n) is 8.63. The Balaban J connectivity index is 1.59. The molecule has 1 unspecified atom stereocenters. The number of carbonyl (C=O) groups is 2. The number of carbonyl (C=O) groups excluding carboxylic acids is 2. The average Bonchev–Trinajstić information content (AvgIpc) is 3.38. The summed E-state index contributed by atoms with van der Waals surface area (Å²) in [5.41, 5.74) is 1.41. The monoisotopic (exact) mass is 332 g/mol. The quantitative estimate of drug-likeness (QED) is 0.924. The number of rotatable bonds is 3. The number of hydrogen-bond acceptors (Lipinski definition) is 3. The minimum absolute atomic E-state index is 0.0360. The molecule has 2 heterocycles. The highest BCUT2D eigenvalue weighted by atomic mass is 19.1. The molecule has 6 heteroatoms. The Kier molecular flexibility index (Phi) is 4.00. The van der Waals surface area contributed by atoms with E-state index < -0.39 is 5.82 Å². The zero-order chi connectivity index (χ0) is 16.7. The molecule has 128 valence electrons. The van der Waals surface area contributed by atoms with Crippen molar-refractivity contribution in [2.24, 2.45) is 5.92 Å². The number of benzene rings is 1. The van der Waals surface area contributed by atoms with Crippen LogP contribution in [0.1, 0.15) is 41.6 Å². The molecule has 0 radical (unpaired) electrons. The van der Waals surface area contributed by atoms with Gasteiger partial charge in [-0.2, -0.15) is 0 Å². The van der Waals surface area contributed by atoms with Gasteiger partial charge >= 0.3 is 0 Å². The Morgan fingerprint density at radius 1 is 1.33 bits per heavy atom. The van der Waals surface area contributed by atoms with Crippen molar-refractivity contribution in [3.63, 3.8) is 0 Å². The Bertz CT molecular complexity index is 687. The number of nitrogens with zero attached hydrogens (tertiary/aromatic N) is 1. The number of nitrogens with one attached hydrogen (secondary N) is 1. The van der Waals surface area contributed by atoms with Crippen LogP contribution in [0.25, 0.3) is 0 Å². The molecule has 1 saturated carbocycles. The van der Waals surface area contributed by atoms with E-state index in [0.717, 1.165) is 12.0 Å². The summed E-state index contributed by atoms with van der Waals surface area (Å²) in [5, 5.41) is 2.67. The van der Waals surface area contributed by atoms with Crippen LogP contribution in [0.4, 0.5) is 10.1 Å². The molecule has 1 aliphatic carbocycles. The Labute approximate surface area is 140 Å². The fourth-order valence-corrected chi connectivity index (χ4v) is 3.58. The maximum absolute atomic E-state index is 14.5. The van der Waals surface area contributed by atoms with E-state index in [9.17, 15) is 14.0 Å². The Hall–Kier alpha value is -1.95. The molecule has 1 aromatic rings. The van der Waals surface area contributed by atoms with Crippen LogP contribution in [0.15, 0.2) is 12.1 Å². The molecule has 5 nitrogen and oxygen atoms in total. The average molecular weight is 332 g/mol. The molecule has 1 atom stereocenters. The van der Waals surface area contributed by atoms with E-state index in [4.69, 9.17) is 4.74 Å². The Morgan fingerprint density at radius 3 is 2.96 bits per heavy atom. The van der Waals surface area contributed by atoms with Crippen LogP contribution in [0.2, 0.25) is 0 Å². The third-order valence-electron chi connectivity index (χ3n) is 5.11. The SMILES string of the molecule is O=C1CCc2cc(C(=O)N3CCOCC3CC3CC3)c(F)cc2N1. The number of anilines is 1. The lowest BCUT2D eigenvalue weighted by atomic mass is 9.98. The van der Waals surface area contributed by atoms with E-state index >= 15 is 0 Å². The van der Waals surface area contributed by atoms with Gasteiger partial charge in [-0.1, -0.05) is 12.8 Å². The van der Waals surface area contributed by atoms with Gasteiger partial charge in [-0.25, -0.2) is 4.39 Å². The van der Waals surface area contributed by atoms with E-state index in [2.05, 4.69) is 5.32 Å². The van der Waals surface area contributed by atoms with Crippen LogP contribution in [-0.4, -0.2) is 42.5 Å². The van der Waals surface area contributed by atoms with Crippen LogP contribution in [0.5, 0.6) is 0 Å². The highest BCUT2D eigenvalue weighted by Crippen LogP contribution is 2.36. The fraction of sp³-hybridized carbons (Fsp3) is 0.556. The van der Waals surface area contributed by atoms with E-state index in [1.165, 1.54) is 18.9 Å². The van der Waals surface area contributed by atoms with Crippen LogP contribution >= 0.6 is 0 Å². The van der Waals surface area contributed by atoms with Gasteiger partial charge in [0.1, 0.15) is 5.82 Å². The van der Waals surface area contributed by atoms with Crippen LogP contribution in [-0.2, 0) is 16.0 Å². The van der Waals surface area contributed by atoms with Gasteiger partial charge in [0.05, 0.1) is 24.8 Å². The molecular formula is C18H21FN2O3. The molecule has 1 aromatic carbocycles. The van der Waals surface area contributed by atoms with Crippen molar-refractivity contribution in [3.05, 3.63) is 29.1 Å². The van der Waals surface area contributed by atoms with E-state index in [1.54, 1.807) is 11.0 Å². The predicted octanol–water partition coefficient (Wildman–Crippen LogP) is 2.35. The van der Waals surface area contributed by atoms with Crippen molar-refractivity contribution < 1.29 is 18.7 Å². The molecule has 0 spiro atoms. The molecule has 0 bridgehead atoms. The van der Waals surface area contributed by atoms with Crippen molar-refractivity contribution in [1.29, 1.82) is 0 Å². The van der Waals surface area contributed by atoms with Gasteiger partial charge in [-0.15, -0.1) is 0 Å². The molecule has 1 N–H and O–H groups in total. The summed E-state index contributed by atoms with van der Waals surface area (Å²) in [5.74, 6) is -0.270. The van der Waals surface area contributed by atoms with Gasteiger partial charge in [-0.3, -0.25) is 9.59 Å². The lowest BCUT2D eigenvalue weighted by Gasteiger charge is -2.36. The number of halogens is 1. The number of fused-ring (bicyclic) bond motifs is 1. The lowest BCUT2D eigenvalue weighted by Crippen LogP contribution is -2.49. The third kappa shape index (κ3) is 3.02. The van der Waals surface area contributed by atoms with E-state index in [0.29, 0.717) is 44.2 Å². The zero-order valence-corrected chi connectivity index (χ0v) is 13.5. The standard InChI is InChI=1S/C18H21FN2O3/c19-15-9-16-12(3-4-17(22)20-16)8-14(15)18(23)21-5-6-24-10-13(21)7-11-1-2-11/h8-9,11,13H,1-7,10H2,(H,20,22). The maximum Gasteiger partial charge on any atom is 0.257 e. The number of hydrogen-bond donors (Lipinski definition) is 1. The molecule has 4 rings (SSSR count). The Morgan fingerprint density at radius 2 is 2.17 bits per heavy atom. The molecule has 3 aliphatic rings. The van der Waals surface area contributed by atoms with Gasteiger partial charge < -0.3 is 15.0 Å². The summed E-state index contributed by atoms with van der Waals surface area (Å²) in [7, 11) is 0. The van der Waals surface area contributed by atoms with Crippen molar-refractivity contribution in [2.75, 3.05) is 25.1 Å². The van der Waals surface area contributed by atoms with Crippen LogP contribution < -0.4 is 5.32 Å². The van der Waals surface area contributed by atoms with Crippen molar-refractivity contribution in [3.8, 4) is 0 Å². The fourth-order valence-electron chi connectivity index (χ4n) is 3.58. The second-order valence-electron chi connectivity index (χ2n) is 6.94. The first-order valence-corrected chi connectivity index (χ1v) is 8.63. The first kappa shape index (κ1) is 15.6. The maximum atomic E-state index is 14.5. The number of ether oxygens (including phenoxy) is 1. The molecule has 0 aromatic heterocycles. The van der Waals surface area contributed by atoms with Gasteiger partial charge in [0, 0.05) is 18.7 Å². The predicted molar refractivity (Wildman–Crippen MR) is 86.3 cm³/mol. The second-order valence-corrected chi connectivity index (χ2v) is 6.94. The van der Waals surface area contributed by atoms with Gasteiger partial charge in [0.2, 0.25) is 5.91 Å². The zero-order valence-electron chi connectivity index (χ0n) is 13.5. The summed E-state index contributed by atoms with van der Waals surface area (Å²) in [4.78, 5) is 26.1. The summed E-state index contributed by atoms with van der Waals surface area (Å²) in [6.07, 6.45) is 4.27. The largest absolute Gasteiger partial charge is 0.377 e. The summed E-state index contributed by atoms with van der Waals surface area (Å²) >= 11 is 0. The van der Waals surface area contributed by atoms with Crippen LogP contribution in [0.3, 0.4) is 0 Å². The highest BCUT2D eigenvalue weighted by molar-refractivity contribution is 5.98. The van der Waals surface area contributed by atoms with Crippen molar-refractivity contribution in [1.82, 2.24) is 4.90 Å². The van der Waals surface area contributed by atoms with Crippen LogP contribution in [0, 0.1) is 11.7 Å². The molecule has 1 saturated heterocycles.